The third kappa shape index (κ3) is 6.71. The Morgan fingerprint density at radius 3 is 2.04 bits per heavy atom. The summed E-state index contributed by atoms with van der Waals surface area (Å²) in [5.74, 6) is -0.499. The van der Waals surface area contributed by atoms with Gasteiger partial charge in [0.2, 0.25) is 0 Å². The molecule has 2 aromatic rings. The van der Waals surface area contributed by atoms with Crippen LogP contribution in [0.25, 0.3) is 0 Å². The van der Waals surface area contributed by atoms with E-state index in [1.165, 1.54) is 24.3 Å². The molecule has 2 aromatic carbocycles. The summed E-state index contributed by atoms with van der Waals surface area (Å²) in [6.07, 6.45) is 4.77. The molecule has 26 heavy (non-hydrogen) atoms. The van der Waals surface area contributed by atoms with E-state index in [2.05, 4.69) is 23.8 Å². The van der Waals surface area contributed by atoms with Crippen LogP contribution in [0.15, 0.2) is 67.0 Å². The average Bonchev–Trinajstić information content (AvgIpc) is 2.60. The van der Waals surface area contributed by atoms with Crippen molar-refractivity contribution in [2.24, 2.45) is 0 Å². The zero-order valence-corrected chi connectivity index (χ0v) is 15.2. The van der Waals surface area contributed by atoms with Gasteiger partial charge < -0.3 is 10.6 Å². The Labute approximate surface area is 154 Å². The Kier molecular flexibility index (Phi) is 7.39. The van der Waals surface area contributed by atoms with Gasteiger partial charge in [-0.05, 0) is 74.6 Å². The minimum atomic E-state index is -0.252. The second-order valence-corrected chi connectivity index (χ2v) is 6.48. The normalized spacial score (nSPS) is 10.4. The van der Waals surface area contributed by atoms with Crippen LogP contribution in [0.5, 0.6) is 0 Å². The number of unbranched alkanes of at least 4 members (excludes halogenated alkanes) is 2. The molecule has 0 heterocycles. The molecule has 0 aromatic heterocycles. The number of nitrogens with one attached hydrogen (secondary N) is 2. The zero-order chi connectivity index (χ0) is 18.9. The van der Waals surface area contributed by atoms with Crippen LogP contribution in [0.4, 0.5) is 20.2 Å². The van der Waals surface area contributed by atoms with E-state index in [1.54, 1.807) is 18.2 Å². The smallest absolute Gasteiger partial charge is 0.125 e. The first kappa shape index (κ1) is 19.7. The average molecular weight is 356 g/mol. The zero-order valence-electron chi connectivity index (χ0n) is 15.2. The molecule has 0 unspecified atom stereocenters. The molecule has 0 atom stereocenters. The van der Waals surface area contributed by atoms with Crippen molar-refractivity contribution in [1.82, 2.24) is 0 Å². The molecule has 0 fully saturated rings. The van der Waals surface area contributed by atoms with E-state index in [0.29, 0.717) is 0 Å². The lowest BCUT2D eigenvalue weighted by Crippen LogP contribution is -2.01. The predicted molar refractivity (Wildman–Crippen MR) is 106 cm³/mol. The molecule has 0 aliphatic rings. The van der Waals surface area contributed by atoms with Gasteiger partial charge in [0.15, 0.2) is 0 Å². The fourth-order valence-corrected chi connectivity index (χ4v) is 2.64. The van der Waals surface area contributed by atoms with Gasteiger partial charge in [-0.1, -0.05) is 25.6 Å². The molecule has 2 rings (SSSR count). The summed E-state index contributed by atoms with van der Waals surface area (Å²) in [4.78, 5) is 0. The maximum absolute atomic E-state index is 13.3. The van der Waals surface area contributed by atoms with E-state index in [-0.39, 0.29) is 11.6 Å². The maximum Gasteiger partial charge on any atom is 0.125 e. The van der Waals surface area contributed by atoms with Crippen LogP contribution in [0.3, 0.4) is 0 Å². The minimum Gasteiger partial charge on any atom is -0.359 e. The van der Waals surface area contributed by atoms with E-state index >= 15 is 0 Å². The standard InChI is InChI=1S/C22H26F2N2/c1-16-9-10-20(24)15-22(16)26-18(3)8-6-4-5-7-17(2)25-21-13-11-19(23)12-14-21/h9-15,25-26H,2-8H2,1H3. The van der Waals surface area contributed by atoms with Gasteiger partial charge in [-0.2, -0.15) is 0 Å². The highest BCUT2D eigenvalue weighted by Crippen LogP contribution is 2.20. The topological polar surface area (TPSA) is 24.1 Å². The highest BCUT2D eigenvalue weighted by atomic mass is 19.1. The number of allylic oxidation sites excluding steroid dienone is 2. The summed E-state index contributed by atoms with van der Waals surface area (Å²) < 4.78 is 26.2. The lowest BCUT2D eigenvalue weighted by Gasteiger charge is -2.12. The van der Waals surface area contributed by atoms with Crippen LogP contribution in [0.2, 0.25) is 0 Å². The molecule has 0 saturated carbocycles. The SMILES string of the molecule is C=C(CCCCCC(=C)Nc1cc(F)ccc1C)Nc1ccc(F)cc1. The van der Waals surface area contributed by atoms with Crippen molar-refractivity contribution in [3.05, 3.63) is 84.2 Å². The van der Waals surface area contributed by atoms with Crippen molar-refractivity contribution in [3.63, 3.8) is 0 Å². The molecule has 138 valence electrons. The summed E-state index contributed by atoms with van der Waals surface area (Å²) in [6, 6.07) is 10.9. The molecule has 0 aliphatic carbocycles. The molecule has 4 heteroatoms. The number of hydrogen-bond acceptors (Lipinski definition) is 2. The van der Waals surface area contributed by atoms with Gasteiger partial charge in [-0.3, -0.25) is 0 Å². The molecular formula is C22H26F2N2. The first-order valence-electron chi connectivity index (χ1n) is 8.85. The fourth-order valence-electron chi connectivity index (χ4n) is 2.64. The van der Waals surface area contributed by atoms with E-state index in [4.69, 9.17) is 0 Å². The quantitative estimate of drug-likeness (QED) is 0.459. The van der Waals surface area contributed by atoms with Gasteiger partial charge in [0.25, 0.3) is 0 Å². The third-order valence-corrected chi connectivity index (χ3v) is 4.13. The number of aryl methyl sites for hydroxylation is 1. The second kappa shape index (κ2) is 9.76. The highest BCUT2D eigenvalue weighted by Gasteiger charge is 2.03. The summed E-state index contributed by atoms with van der Waals surface area (Å²) in [5.41, 5.74) is 4.42. The van der Waals surface area contributed by atoms with Crippen LogP contribution < -0.4 is 10.6 Å². The van der Waals surface area contributed by atoms with Gasteiger partial charge in [-0.15, -0.1) is 0 Å². The Hall–Kier alpha value is -2.62. The van der Waals surface area contributed by atoms with Gasteiger partial charge in [0.1, 0.15) is 11.6 Å². The molecule has 0 spiro atoms. The molecule has 0 saturated heterocycles. The maximum atomic E-state index is 13.3. The molecule has 0 radical (unpaired) electrons. The van der Waals surface area contributed by atoms with Crippen LogP contribution >= 0.6 is 0 Å². The molecule has 0 bridgehead atoms. The number of hydrogen-bond donors (Lipinski definition) is 2. The first-order chi connectivity index (χ1) is 12.4. The molecule has 0 amide bonds. The summed E-state index contributed by atoms with van der Waals surface area (Å²) in [7, 11) is 0. The van der Waals surface area contributed by atoms with E-state index in [9.17, 15) is 8.78 Å². The summed E-state index contributed by atoms with van der Waals surface area (Å²) >= 11 is 0. The largest absolute Gasteiger partial charge is 0.359 e. The van der Waals surface area contributed by atoms with Gasteiger partial charge in [-0.25, -0.2) is 8.78 Å². The number of halogens is 2. The van der Waals surface area contributed by atoms with Crippen LogP contribution in [0.1, 0.15) is 37.7 Å². The second-order valence-electron chi connectivity index (χ2n) is 6.48. The summed E-state index contributed by atoms with van der Waals surface area (Å²) in [5, 5.41) is 6.38. The van der Waals surface area contributed by atoms with Crippen molar-refractivity contribution < 1.29 is 8.78 Å². The van der Waals surface area contributed by atoms with Crippen molar-refractivity contribution in [1.29, 1.82) is 0 Å². The lowest BCUT2D eigenvalue weighted by atomic mass is 10.1. The van der Waals surface area contributed by atoms with E-state index < -0.39 is 0 Å². The monoisotopic (exact) mass is 356 g/mol. The van der Waals surface area contributed by atoms with Crippen LogP contribution in [-0.4, -0.2) is 0 Å². The predicted octanol–water partition coefficient (Wildman–Crippen LogP) is 6.78. The Morgan fingerprint density at radius 1 is 0.808 bits per heavy atom. The van der Waals surface area contributed by atoms with Crippen molar-refractivity contribution >= 4 is 11.4 Å². The molecule has 2 N–H and O–H groups in total. The van der Waals surface area contributed by atoms with E-state index in [0.717, 1.165) is 60.4 Å². The van der Waals surface area contributed by atoms with Gasteiger partial charge in [0, 0.05) is 22.8 Å². The van der Waals surface area contributed by atoms with Crippen molar-refractivity contribution in [2.75, 3.05) is 10.6 Å². The molecule has 2 nitrogen and oxygen atoms in total. The summed E-state index contributed by atoms with van der Waals surface area (Å²) in [6.45, 7) is 9.97. The van der Waals surface area contributed by atoms with E-state index in [1.807, 2.05) is 6.92 Å². The number of anilines is 2. The number of benzene rings is 2. The van der Waals surface area contributed by atoms with Crippen LogP contribution in [0, 0.1) is 18.6 Å². The Bertz CT molecular complexity index is 751. The highest BCUT2D eigenvalue weighted by molar-refractivity contribution is 5.54. The lowest BCUT2D eigenvalue weighted by molar-refractivity contribution is 0.627. The van der Waals surface area contributed by atoms with Crippen molar-refractivity contribution in [2.45, 2.75) is 39.0 Å². The van der Waals surface area contributed by atoms with Crippen LogP contribution in [-0.2, 0) is 0 Å². The number of rotatable bonds is 10. The Morgan fingerprint density at radius 2 is 1.38 bits per heavy atom. The first-order valence-corrected chi connectivity index (χ1v) is 8.85. The fraction of sp³-hybridized carbons (Fsp3) is 0.273. The Balaban J connectivity index is 1.62. The van der Waals surface area contributed by atoms with Gasteiger partial charge in [0.05, 0.1) is 0 Å². The van der Waals surface area contributed by atoms with Crippen molar-refractivity contribution in [3.8, 4) is 0 Å². The minimum absolute atomic E-state index is 0.247. The molecular weight excluding hydrogens is 330 g/mol. The van der Waals surface area contributed by atoms with Gasteiger partial charge >= 0.3 is 0 Å². The molecule has 0 aliphatic heterocycles. The third-order valence-electron chi connectivity index (χ3n) is 4.13.